The molecule has 0 saturated heterocycles. The van der Waals surface area contributed by atoms with E-state index in [0.29, 0.717) is 29.6 Å². The lowest BCUT2D eigenvalue weighted by molar-refractivity contribution is -0.138. The van der Waals surface area contributed by atoms with E-state index in [4.69, 9.17) is 9.26 Å². The van der Waals surface area contributed by atoms with E-state index in [2.05, 4.69) is 10.1 Å². The SMILES string of the molecule is CC[C@H](Oc1ccc(N(C)S(C)(=O)=O)cc1)C(=O)N(C)Cc1nc(-c2ccccc2C)no1. The molecule has 0 aliphatic carbocycles. The van der Waals surface area contributed by atoms with Crippen LogP contribution < -0.4 is 9.04 Å². The van der Waals surface area contributed by atoms with Gasteiger partial charge in [0.05, 0.1) is 18.5 Å². The normalized spacial score (nSPS) is 12.3. The van der Waals surface area contributed by atoms with E-state index in [9.17, 15) is 13.2 Å². The van der Waals surface area contributed by atoms with Gasteiger partial charge in [-0.25, -0.2) is 8.42 Å². The number of ether oxygens (including phenoxy) is 1. The van der Waals surface area contributed by atoms with Crippen LogP contribution in [-0.4, -0.2) is 55.8 Å². The Morgan fingerprint density at radius 1 is 1.12 bits per heavy atom. The molecule has 1 heterocycles. The summed E-state index contributed by atoms with van der Waals surface area (Å²) >= 11 is 0. The molecule has 9 nitrogen and oxygen atoms in total. The van der Waals surface area contributed by atoms with Crippen molar-refractivity contribution in [2.75, 3.05) is 24.7 Å². The van der Waals surface area contributed by atoms with E-state index >= 15 is 0 Å². The van der Waals surface area contributed by atoms with Crippen molar-refractivity contribution in [1.29, 1.82) is 0 Å². The lowest BCUT2D eigenvalue weighted by atomic mass is 10.1. The molecule has 0 unspecified atom stereocenters. The highest BCUT2D eigenvalue weighted by molar-refractivity contribution is 7.92. The summed E-state index contributed by atoms with van der Waals surface area (Å²) in [5.74, 6) is 1.04. The van der Waals surface area contributed by atoms with E-state index in [1.54, 1.807) is 31.3 Å². The molecule has 0 saturated carbocycles. The van der Waals surface area contributed by atoms with Crippen molar-refractivity contribution in [2.45, 2.75) is 32.9 Å². The quantitative estimate of drug-likeness (QED) is 0.471. The number of sulfonamides is 1. The third kappa shape index (κ3) is 5.89. The number of hydrogen-bond acceptors (Lipinski definition) is 7. The molecular formula is C23H28N4O5S. The number of anilines is 1. The predicted molar refractivity (Wildman–Crippen MR) is 125 cm³/mol. The third-order valence-electron chi connectivity index (χ3n) is 5.23. The van der Waals surface area contributed by atoms with Crippen molar-refractivity contribution in [3.05, 3.63) is 60.0 Å². The fraction of sp³-hybridized carbons (Fsp3) is 0.348. The second kappa shape index (κ2) is 10.0. The minimum atomic E-state index is -3.36. The summed E-state index contributed by atoms with van der Waals surface area (Å²) in [6.45, 7) is 3.97. The van der Waals surface area contributed by atoms with E-state index in [0.717, 1.165) is 17.4 Å². The van der Waals surface area contributed by atoms with Crippen molar-refractivity contribution < 1.29 is 22.5 Å². The van der Waals surface area contributed by atoms with Gasteiger partial charge in [0.15, 0.2) is 6.10 Å². The molecule has 0 radical (unpaired) electrons. The zero-order valence-electron chi connectivity index (χ0n) is 19.3. The average Bonchev–Trinajstić information content (AvgIpc) is 3.24. The van der Waals surface area contributed by atoms with Gasteiger partial charge in [0, 0.05) is 19.7 Å². The molecule has 33 heavy (non-hydrogen) atoms. The summed E-state index contributed by atoms with van der Waals surface area (Å²) in [5, 5.41) is 4.03. The zero-order chi connectivity index (χ0) is 24.2. The first kappa shape index (κ1) is 24.2. The highest BCUT2D eigenvalue weighted by Crippen LogP contribution is 2.23. The first-order chi connectivity index (χ1) is 15.6. The number of carbonyl (C=O) groups is 1. The molecular weight excluding hydrogens is 444 g/mol. The van der Waals surface area contributed by atoms with Crippen LogP contribution in [0.5, 0.6) is 5.75 Å². The summed E-state index contributed by atoms with van der Waals surface area (Å²) in [6.07, 6.45) is 0.867. The molecule has 2 aromatic carbocycles. The molecule has 0 N–H and O–H groups in total. The summed E-state index contributed by atoms with van der Waals surface area (Å²) in [7, 11) is -0.236. The number of nitrogens with zero attached hydrogens (tertiary/aromatic N) is 4. The fourth-order valence-electron chi connectivity index (χ4n) is 3.18. The minimum absolute atomic E-state index is 0.148. The fourth-order valence-corrected chi connectivity index (χ4v) is 3.68. The van der Waals surface area contributed by atoms with Gasteiger partial charge >= 0.3 is 0 Å². The van der Waals surface area contributed by atoms with E-state index in [-0.39, 0.29) is 12.5 Å². The topological polar surface area (TPSA) is 106 Å². The highest BCUT2D eigenvalue weighted by atomic mass is 32.2. The van der Waals surface area contributed by atoms with Gasteiger partial charge in [-0.1, -0.05) is 36.3 Å². The molecule has 0 aliphatic rings. The molecule has 1 aromatic heterocycles. The van der Waals surface area contributed by atoms with Gasteiger partial charge in [-0.3, -0.25) is 9.10 Å². The number of aryl methyl sites for hydroxylation is 1. The predicted octanol–water partition coefficient (Wildman–Crippen LogP) is 3.26. The molecule has 0 spiro atoms. The Hall–Kier alpha value is -3.40. The Bertz CT molecular complexity index is 1210. The number of benzene rings is 2. The van der Waals surface area contributed by atoms with Crippen LogP contribution in [-0.2, 0) is 21.4 Å². The maximum atomic E-state index is 12.9. The van der Waals surface area contributed by atoms with E-state index in [1.807, 2.05) is 38.1 Å². The summed E-state index contributed by atoms with van der Waals surface area (Å²) in [4.78, 5) is 18.8. The minimum Gasteiger partial charge on any atom is -0.481 e. The number of amides is 1. The van der Waals surface area contributed by atoms with Gasteiger partial charge in [0.1, 0.15) is 5.75 Å². The molecule has 1 amide bonds. The number of aromatic nitrogens is 2. The molecule has 10 heteroatoms. The Kier molecular flexibility index (Phi) is 7.37. The molecule has 3 rings (SSSR count). The maximum Gasteiger partial charge on any atom is 0.263 e. The highest BCUT2D eigenvalue weighted by Gasteiger charge is 2.24. The summed E-state index contributed by atoms with van der Waals surface area (Å²) in [6, 6.07) is 14.3. The van der Waals surface area contributed by atoms with Crippen LogP contribution in [0.1, 0.15) is 24.8 Å². The largest absolute Gasteiger partial charge is 0.481 e. The number of hydrogen-bond donors (Lipinski definition) is 0. The van der Waals surface area contributed by atoms with Gasteiger partial charge in [-0.05, 0) is 43.2 Å². The van der Waals surface area contributed by atoms with Crippen LogP contribution in [0.4, 0.5) is 5.69 Å². The van der Waals surface area contributed by atoms with Crippen LogP contribution in [0.25, 0.3) is 11.4 Å². The van der Waals surface area contributed by atoms with Gasteiger partial charge in [0.2, 0.25) is 21.7 Å². The lowest BCUT2D eigenvalue weighted by Gasteiger charge is -2.23. The lowest BCUT2D eigenvalue weighted by Crippen LogP contribution is -2.39. The molecule has 176 valence electrons. The van der Waals surface area contributed by atoms with Gasteiger partial charge in [-0.15, -0.1) is 0 Å². The van der Waals surface area contributed by atoms with E-state index in [1.165, 1.54) is 16.3 Å². The second-order valence-corrected chi connectivity index (χ2v) is 9.77. The van der Waals surface area contributed by atoms with Gasteiger partial charge in [-0.2, -0.15) is 4.98 Å². The first-order valence-corrected chi connectivity index (χ1v) is 12.3. The van der Waals surface area contributed by atoms with Gasteiger partial charge < -0.3 is 14.2 Å². The molecule has 0 aliphatic heterocycles. The van der Waals surface area contributed by atoms with Crippen LogP contribution >= 0.6 is 0 Å². The number of rotatable bonds is 9. The average molecular weight is 473 g/mol. The maximum absolute atomic E-state index is 12.9. The third-order valence-corrected chi connectivity index (χ3v) is 6.43. The summed E-state index contributed by atoms with van der Waals surface area (Å²) in [5.41, 5.74) is 2.41. The standard InChI is InChI=1S/C23H28N4O5S/c1-6-20(31-18-13-11-17(12-14-18)27(4)33(5,29)30)23(28)26(3)15-21-24-22(25-32-21)19-10-8-7-9-16(19)2/h7-14,20H,6,15H2,1-5H3/t20-/m0/s1. The molecule has 3 aromatic rings. The van der Waals surface area contributed by atoms with Gasteiger partial charge in [0.25, 0.3) is 5.91 Å². The second-order valence-electron chi connectivity index (χ2n) is 7.76. The van der Waals surface area contributed by atoms with Crippen LogP contribution in [0.2, 0.25) is 0 Å². The Balaban J connectivity index is 1.65. The Morgan fingerprint density at radius 2 is 1.79 bits per heavy atom. The van der Waals surface area contributed by atoms with Crippen LogP contribution in [0.15, 0.2) is 53.1 Å². The monoisotopic (exact) mass is 472 g/mol. The van der Waals surface area contributed by atoms with E-state index < -0.39 is 16.1 Å². The smallest absolute Gasteiger partial charge is 0.263 e. The first-order valence-electron chi connectivity index (χ1n) is 10.4. The van der Waals surface area contributed by atoms with Crippen molar-refractivity contribution in [3.63, 3.8) is 0 Å². The Labute approximate surface area is 194 Å². The molecule has 1 atom stereocenters. The Morgan fingerprint density at radius 3 is 2.39 bits per heavy atom. The number of likely N-dealkylation sites (N-methyl/N-ethyl adjacent to an activating group) is 1. The molecule has 0 bridgehead atoms. The zero-order valence-corrected chi connectivity index (χ0v) is 20.2. The van der Waals surface area contributed by atoms with Crippen LogP contribution in [0.3, 0.4) is 0 Å². The van der Waals surface area contributed by atoms with Crippen molar-refractivity contribution >= 4 is 21.6 Å². The summed E-state index contributed by atoms with van der Waals surface area (Å²) < 4.78 is 35.7. The van der Waals surface area contributed by atoms with Crippen molar-refractivity contribution in [1.82, 2.24) is 15.0 Å². The van der Waals surface area contributed by atoms with Crippen molar-refractivity contribution in [2.24, 2.45) is 0 Å². The van der Waals surface area contributed by atoms with Crippen LogP contribution in [0, 0.1) is 6.92 Å². The van der Waals surface area contributed by atoms with Crippen molar-refractivity contribution in [3.8, 4) is 17.1 Å². The molecule has 0 fully saturated rings. The number of carbonyl (C=O) groups excluding carboxylic acids is 1.